The first-order chi connectivity index (χ1) is 13.4. The second kappa shape index (κ2) is 7.17. The molecular formula is C16H16F2N5O4P. The number of aliphatic hydroxyl groups excluding tert-OH is 2. The third-order valence-corrected chi connectivity index (χ3v) is 5.12. The second-order valence-electron chi connectivity index (χ2n) is 6.21. The Morgan fingerprint density at radius 3 is 2.75 bits per heavy atom. The summed E-state index contributed by atoms with van der Waals surface area (Å²) in [4.78, 5) is 12.4. The summed E-state index contributed by atoms with van der Waals surface area (Å²) in [5.74, 6) is -2.09. The van der Waals surface area contributed by atoms with Gasteiger partial charge in [-0.15, -0.1) is 9.24 Å². The molecule has 1 aliphatic heterocycles. The molecule has 0 radical (unpaired) electrons. The standard InChI is InChI=1S/C16H16F2N5O4P/c17-7-2-1-6(3-8(7)18)26-16-21-13(19)10-14(22-16)23(5-20-10)15-12(28)11(25)9(4-24)27-15/h1-3,5,9,11-12,15,24-25H,4,28H2,(H2,19,21,22)/t9-,11-,12-,15-/m1/s1. The van der Waals surface area contributed by atoms with Crippen LogP contribution in [0.4, 0.5) is 14.6 Å². The van der Waals surface area contributed by atoms with Crippen LogP contribution in [0, 0.1) is 11.6 Å². The molecule has 0 saturated carbocycles. The van der Waals surface area contributed by atoms with Gasteiger partial charge in [-0.25, -0.2) is 13.8 Å². The summed E-state index contributed by atoms with van der Waals surface area (Å²) in [6, 6.07) is 2.80. The Hall–Kier alpha value is -2.46. The van der Waals surface area contributed by atoms with Crippen molar-refractivity contribution in [3.05, 3.63) is 36.2 Å². The van der Waals surface area contributed by atoms with Crippen LogP contribution >= 0.6 is 9.24 Å². The maximum atomic E-state index is 13.4. The molecule has 1 fully saturated rings. The lowest BCUT2D eigenvalue weighted by Gasteiger charge is -2.17. The summed E-state index contributed by atoms with van der Waals surface area (Å²) in [5.41, 5.74) is 6.01. The monoisotopic (exact) mass is 411 g/mol. The number of rotatable bonds is 4. The lowest BCUT2D eigenvalue weighted by molar-refractivity contribution is -0.0430. The van der Waals surface area contributed by atoms with E-state index in [1.807, 2.05) is 0 Å². The predicted octanol–water partition coefficient (Wildman–Crippen LogP) is 0.973. The van der Waals surface area contributed by atoms with E-state index in [1.54, 1.807) is 0 Å². The van der Waals surface area contributed by atoms with Crippen molar-refractivity contribution in [2.24, 2.45) is 0 Å². The molecule has 28 heavy (non-hydrogen) atoms. The van der Waals surface area contributed by atoms with Crippen LogP contribution in [-0.4, -0.2) is 54.2 Å². The Labute approximate surface area is 159 Å². The van der Waals surface area contributed by atoms with E-state index in [0.29, 0.717) is 0 Å². The first-order valence-corrected chi connectivity index (χ1v) is 8.88. The molecular weight excluding hydrogens is 395 g/mol. The van der Waals surface area contributed by atoms with Gasteiger partial charge in [-0.05, 0) is 12.1 Å². The predicted molar refractivity (Wildman–Crippen MR) is 96.7 cm³/mol. The molecule has 4 N–H and O–H groups in total. The Morgan fingerprint density at radius 2 is 2.07 bits per heavy atom. The zero-order chi connectivity index (χ0) is 20.0. The summed E-state index contributed by atoms with van der Waals surface area (Å²) < 4.78 is 39.1. The molecule has 1 saturated heterocycles. The lowest BCUT2D eigenvalue weighted by atomic mass is 10.2. The van der Waals surface area contributed by atoms with E-state index >= 15 is 0 Å². The highest BCUT2D eigenvalue weighted by molar-refractivity contribution is 7.17. The maximum Gasteiger partial charge on any atom is 0.326 e. The molecule has 4 rings (SSSR count). The number of benzene rings is 1. The van der Waals surface area contributed by atoms with Gasteiger partial charge in [0.25, 0.3) is 0 Å². The summed E-state index contributed by atoms with van der Waals surface area (Å²) >= 11 is 0. The molecule has 1 unspecified atom stereocenters. The van der Waals surface area contributed by atoms with Crippen LogP contribution in [0.15, 0.2) is 24.5 Å². The normalized spacial score (nSPS) is 24.8. The number of hydrogen-bond donors (Lipinski definition) is 3. The highest BCUT2D eigenvalue weighted by atomic mass is 31.0. The van der Waals surface area contributed by atoms with Crippen LogP contribution in [0.1, 0.15) is 6.23 Å². The topological polar surface area (TPSA) is 129 Å². The van der Waals surface area contributed by atoms with Crippen molar-refractivity contribution in [1.82, 2.24) is 19.5 Å². The van der Waals surface area contributed by atoms with Gasteiger partial charge in [0, 0.05) is 11.7 Å². The Balaban J connectivity index is 1.71. The van der Waals surface area contributed by atoms with E-state index in [0.717, 1.165) is 12.1 Å². The van der Waals surface area contributed by atoms with Crippen molar-refractivity contribution in [2.75, 3.05) is 12.3 Å². The fourth-order valence-corrected chi connectivity index (χ4v) is 3.49. The van der Waals surface area contributed by atoms with Gasteiger partial charge in [0.1, 0.15) is 18.1 Å². The smallest absolute Gasteiger partial charge is 0.326 e. The minimum absolute atomic E-state index is 0.0129. The molecule has 0 bridgehead atoms. The Bertz CT molecular complexity index is 1040. The fraction of sp³-hybridized carbons (Fsp3) is 0.312. The number of ether oxygens (including phenoxy) is 2. The van der Waals surface area contributed by atoms with Crippen LogP contribution in [0.2, 0.25) is 0 Å². The minimum Gasteiger partial charge on any atom is -0.424 e. The van der Waals surface area contributed by atoms with Crippen molar-refractivity contribution in [2.45, 2.75) is 24.1 Å². The number of hydrogen-bond acceptors (Lipinski definition) is 8. The number of fused-ring (bicyclic) bond motifs is 1. The number of aromatic nitrogens is 4. The minimum atomic E-state index is -1.08. The third-order valence-electron chi connectivity index (χ3n) is 4.40. The molecule has 1 aromatic carbocycles. The van der Waals surface area contributed by atoms with E-state index in [4.69, 9.17) is 15.2 Å². The number of nitrogens with two attached hydrogens (primary N) is 1. The highest BCUT2D eigenvalue weighted by Gasteiger charge is 2.42. The van der Waals surface area contributed by atoms with Gasteiger partial charge in [-0.2, -0.15) is 9.97 Å². The molecule has 3 aromatic rings. The quantitative estimate of drug-likeness (QED) is 0.542. The van der Waals surface area contributed by atoms with E-state index in [2.05, 4.69) is 24.2 Å². The maximum absolute atomic E-state index is 13.4. The average Bonchev–Trinajstić information content (AvgIpc) is 3.20. The van der Waals surface area contributed by atoms with E-state index in [1.165, 1.54) is 17.0 Å². The zero-order valence-electron chi connectivity index (χ0n) is 14.2. The highest BCUT2D eigenvalue weighted by Crippen LogP contribution is 2.37. The third kappa shape index (κ3) is 3.16. The van der Waals surface area contributed by atoms with Crippen molar-refractivity contribution in [3.8, 4) is 11.8 Å². The lowest BCUT2D eigenvalue weighted by Crippen LogP contribution is -2.29. The zero-order valence-corrected chi connectivity index (χ0v) is 15.4. The van der Waals surface area contributed by atoms with Crippen LogP contribution in [0.3, 0.4) is 0 Å². The SMILES string of the molecule is Nc1nc(Oc2ccc(F)c(F)c2)nc2c1ncn2[C@@H]1O[C@H](CO)[C@@H](O)[C@H]1P. The second-order valence-corrected chi connectivity index (χ2v) is 6.98. The van der Waals surface area contributed by atoms with Gasteiger partial charge in [-0.3, -0.25) is 4.57 Å². The van der Waals surface area contributed by atoms with Gasteiger partial charge < -0.3 is 25.4 Å². The molecule has 12 heteroatoms. The molecule has 148 valence electrons. The number of imidazole rings is 1. The number of nitrogen functional groups attached to an aromatic ring is 1. The van der Waals surface area contributed by atoms with E-state index in [-0.39, 0.29) is 35.3 Å². The van der Waals surface area contributed by atoms with Crippen molar-refractivity contribution >= 4 is 26.2 Å². The fourth-order valence-electron chi connectivity index (χ4n) is 2.96. The van der Waals surface area contributed by atoms with E-state index in [9.17, 15) is 19.0 Å². The number of halogens is 2. The first-order valence-electron chi connectivity index (χ1n) is 8.22. The van der Waals surface area contributed by atoms with Gasteiger partial charge in [0.05, 0.1) is 19.0 Å². The van der Waals surface area contributed by atoms with Crippen LogP contribution < -0.4 is 10.5 Å². The molecule has 9 nitrogen and oxygen atoms in total. The Kier molecular flexibility index (Phi) is 4.84. The summed E-state index contributed by atoms with van der Waals surface area (Å²) in [5, 5.41) is 19.5. The van der Waals surface area contributed by atoms with Crippen LogP contribution in [-0.2, 0) is 4.74 Å². The number of aliphatic hydroxyl groups is 2. The summed E-state index contributed by atoms with van der Waals surface area (Å²) in [7, 11) is 2.47. The summed E-state index contributed by atoms with van der Waals surface area (Å²) in [6.45, 7) is -0.350. The van der Waals surface area contributed by atoms with Crippen LogP contribution in [0.5, 0.6) is 11.8 Å². The molecule has 0 spiro atoms. The number of nitrogens with zero attached hydrogens (tertiary/aromatic N) is 4. The van der Waals surface area contributed by atoms with Crippen LogP contribution in [0.25, 0.3) is 11.2 Å². The van der Waals surface area contributed by atoms with E-state index < -0.39 is 35.7 Å². The molecule has 0 amide bonds. The molecule has 0 aliphatic carbocycles. The largest absolute Gasteiger partial charge is 0.424 e. The van der Waals surface area contributed by atoms with Gasteiger partial charge in [-0.1, -0.05) is 0 Å². The molecule has 5 atom stereocenters. The molecule has 2 aromatic heterocycles. The van der Waals surface area contributed by atoms with Crippen molar-refractivity contribution in [1.29, 1.82) is 0 Å². The number of anilines is 1. The first kappa shape index (κ1) is 18.9. The van der Waals surface area contributed by atoms with Gasteiger partial charge >= 0.3 is 6.01 Å². The molecule has 3 heterocycles. The van der Waals surface area contributed by atoms with Gasteiger partial charge in [0.2, 0.25) is 0 Å². The van der Waals surface area contributed by atoms with Gasteiger partial charge in [0.15, 0.2) is 28.6 Å². The molecule has 1 aliphatic rings. The summed E-state index contributed by atoms with van der Waals surface area (Å²) in [6.07, 6.45) is -0.935. The van der Waals surface area contributed by atoms with Crippen molar-refractivity contribution < 1.29 is 28.5 Å². The van der Waals surface area contributed by atoms with Crippen molar-refractivity contribution in [3.63, 3.8) is 0 Å². The Morgan fingerprint density at radius 1 is 1.29 bits per heavy atom. The average molecular weight is 411 g/mol.